The molecular formula is C20H26F3N7O3S. The number of carbonyl (C=O) groups excluding carboxylic acids is 1. The first-order chi connectivity index (χ1) is 16.0. The van der Waals surface area contributed by atoms with Crippen molar-refractivity contribution < 1.29 is 26.4 Å². The van der Waals surface area contributed by atoms with Crippen LogP contribution in [0.3, 0.4) is 0 Å². The highest BCUT2D eigenvalue weighted by Gasteiger charge is 2.35. The van der Waals surface area contributed by atoms with Gasteiger partial charge < -0.3 is 15.5 Å². The Labute approximate surface area is 195 Å². The predicted molar refractivity (Wildman–Crippen MR) is 121 cm³/mol. The van der Waals surface area contributed by atoms with E-state index < -0.39 is 27.6 Å². The molecule has 3 heterocycles. The number of nitrogens with zero attached hydrogens (tertiary/aromatic N) is 4. The number of piperidine rings is 1. The van der Waals surface area contributed by atoms with Crippen LogP contribution >= 0.6 is 0 Å². The van der Waals surface area contributed by atoms with Crippen LogP contribution in [0.25, 0.3) is 0 Å². The number of nitrogens with one attached hydrogen (secondary N) is 3. The molecule has 0 aromatic carbocycles. The van der Waals surface area contributed by atoms with E-state index in [1.165, 1.54) is 20.0 Å². The van der Waals surface area contributed by atoms with Gasteiger partial charge in [0.25, 0.3) is 0 Å². The number of hydrogen-bond acceptors (Lipinski definition) is 8. The van der Waals surface area contributed by atoms with Crippen LogP contribution in [0.1, 0.15) is 37.8 Å². The molecule has 1 fully saturated rings. The average Bonchev–Trinajstić information content (AvgIpc) is 2.78. The summed E-state index contributed by atoms with van der Waals surface area (Å²) < 4.78 is 66.8. The summed E-state index contributed by atoms with van der Waals surface area (Å²) in [6.45, 7) is 3.86. The number of rotatable bonds is 8. The minimum atomic E-state index is -4.70. The molecule has 0 atom stereocenters. The van der Waals surface area contributed by atoms with Gasteiger partial charge >= 0.3 is 6.18 Å². The molecular weight excluding hydrogens is 475 g/mol. The average molecular weight is 502 g/mol. The Morgan fingerprint density at radius 1 is 1.21 bits per heavy atom. The number of aromatic nitrogens is 3. The van der Waals surface area contributed by atoms with Crippen LogP contribution in [0.5, 0.6) is 0 Å². The lowest BCUT2D eigenvalue weighted by Crippen LogP contribution is -2.41. The van der Waals surface area contributed by atoms with Gasteiger partial charge in [0.1, 0.15) is 17.2 Å². The van der Waals surface area contributed by atoms with Crippen LogP contribution < -0.4 is 15.4 Å². The largest absolute Gasteiger partial charge is 0.421 e. The van der Waals surface area contributed by atoms with Crippen molar-refractivity contribution in [2.75, 3.05) is 34.2 Å². The fraction of sp³-hybridized carbons (Fsp3) is 0.500. The van der Waals surface area contributed by atoms with Gasteiger partial charge in [-0.1, -0.05) is 6.07 Å². The number of pyridine rings is 1. The molecule has 1 aliphatic heterocycles. The number of halogens is 3. The van der Waals surface area contributed by atoms with Crippen LogP contribution in [0, 0.1) is 0 Å². The molecule has 3 rings (SSSR count). The summed E-state index contributed by atoms with van der Waals surface area (Å²) in [6.07, 6.45) is -1.39. The zero-order valence-electron chi connectivity index (χ0n) is 18.7. The number of anilines is 3. The van der Waals surface area contributed by atoms with Gasteiger partial charge in [-0.3, -0.25) is 9.52 Å². The van der Waals surface area contributed by atoms with Gasteiger partial charge in [0.15, 0.2) is 0 Å². The Bertz CT molecular complexity index is 1120. The number of alkyl halides is 3. The normalized spacial score (nSPS) is 15.1. The standard InChI is InChI=1S/C20H26F3N7O3S/c1-3-34(32,33)29-17-14(5-4-8-24-17)11-25-18-16(20(21,22)23)12-26-19(28-18)27-15-6-9-30(10-7-15)13(2)31/h4-5,8,12,15H,3,6-7,9-11H2,1-2H3,(H,24,29)(H2,25,26,27,28). The monoisotopic (exact) mass is 501 g/mol. The molecule has 10 nitrogen and oxygen atoms in total. The maximum absolute atomic E-state index is 13.5. The smallest absolute Gasteiger partial charge is 0.365 e. The Hall–Kier alpha value is -3.16. The Kier molecular flexibility index (Phi) is 7.79. The van der Waals surface area contributed by atoms with Crippen molar-refractivity contribution in [3.8, 4) is 0 Å². The number of sulfonamides is 1. The van der Waals surface area contributed by atoms with E-state index in [0.717, 1.165) is 0 Å². The third-order valence-corrected chi connectivity index (χ3v) is 6.60. The van der Waals surface area contributed by atoms with Crippen molar-refractivity contribution in [2.24, 2.45) is 0 Å². The van der Waals surface area contributed by atoms with Crippen molar-refractivity contribution >= 4 is 33.5 Å². The summed E-state index contributed by atoms with van der Waals surface area (Å²) in [4.78, 5) is 25.0. The third-order valence-electron chi connectivity index (χ3n) is 5.34. The number of hydrogen-bond donors (Lipinski definition) is 3. The van der Waals surface area contributed by atoms with E-state index in [9.17, 15) is 26.4 Å². The summed E-state index contributed by atoms with van der Waals surface area (Å²) in [6, 6.07) is 3.00. The van der Waals surface area contributed by atoms with Crippen LogP contribution in [0.15, 0.2) is 24.5 Å². The minimum Gasteiger partial charge on any atom is -0.365 e. The zero-order chi connectivity index (χ0) is 24.9. The first-order valence-electron chi connectivity index (χ1n) is 10.6. The van der Waals surface area contributed by atoms with Crippen molar-refractivity contribution in [1.29, 1.82) is 0 Å². The van der Waals surface area contributed by atoms with Gasteiger partial charge in [-0.05, 0) is 25.8 Å². The van der Waals surface area contributed by atoms with Gasteiger partial charge in [-0.25, -0.2) is 18.4 Å². The second-order valence-corrected chi connectivity index (χ2v) is 9.76. The topological polar surface area (TPSA) is 129 Å². The third kappa shape index (κ3) is 6.68. The summed E-state index contributed by atoms with van der Waals surface area (Å²) in [5.41, 5.74) is -0.707. The van der Waals surface area contributed by atoms with Gasteiger partial charge in [0.2, 0.25) is 21.9 Å². The van der Waals surface area contributed by atoms with E-state index >= 15 is 0 Å². The van der Waals surface area contributed by atoms with Gasteiger partial charge in [-0.15, -0.1) is 0 Å². The van der Waals surface area contributed by atoms with Crippen LogP contribution in [0.4, 0.5) is 30.8 Å². The minimum absolute atomic E-state index is 0.0216. The molecule has 2 aromatic heterocycles. The zero-order valence-corrected chi connectivity index (χ0v) is 19.5. The van der Waals surface area contributed by atoms with Crippen LogP contribution in [-0.2, 0) is 27.5 Å². The second-order valence-electron chi connectivity index (χ2n) is 7.75. The highest BCUT2D eigenvalue weighted by Crippen LogP contribution is 2.34. The lowest BCUT2D eigenvalue weighted by molar-refractivity contribution is -0.137. The summed E-state index contributed by atoms with van der Waals surface area (Å²) in [5.74, 6) is -0.600. The van der Waals surface area contributed by atoms with E-state index in [0.29, 0.717) is 37.7 Å². The van der Waals surface area contributed by atoms with E-state index in [2.05, 4.69) is 30.3 Å². The first-order valence-corrected chi connectivity index (χ1v) is 12.3. The highest BCUT2D eigenvalue weighted by molar-refractivity contribution is 7.92. The second kappa shape index (κ2) is 10.4. The van der Waals surface area contributed by atoms with E-state index in [4.69, 9.17) is 0 Å². The molecule has 0 unspecified atom stereocenters. The molecule has 1 saturated heterocycles. The number of amides is 1. The summed E-state index contributed by atoms with van der Waals surface area (Å²) in [7, 11) is -3.62. The van der Waals surface area contributed by atoms with Crippen molar-refractivity contribution in [1.82, 2.24) is 19.9 Å². The fourth-order valence-electron chi connectivity index (χ4n) is 3.39. The van der Waals surface area contributed by atoms with Crippen molar-refractivity contribution in [2.45, 2.75) is 45.5 Å². The number of carbonyl (C=O) groups is 1. The molecule has 14 heteroatoms. The van der Waals surface area contributed by atoms with Crippen molar-refractivity contribution in [3.63, 3.8) is 0 Å². The highest BCUT2D eigenvalue weighted by atomic mass is 32.2. The van der Waals surface area contributed by atoms with Crippen LogP contribution in [-0.4, -0.2) is 59.1 Å². The molecule has 0 radical (unpaired) electrons. The van der Waals surface area contributed by atoms with Gasteiger partial charge in [0.05, 0.1) is 5.75 Å². The molecule has 186 valence electrons. The SMILES string of the molecule is CCS(=O)(=O)Nc1ncccc1CNc1nc(NC2CCN(C(C)=O)CC2)ncc1C(F)(F)F. The molecule has 3 N–H and O–H groups in total. The molecule has 2 aromatic rings. The molecule has 1 aliphatic rings. The predicted octanol–water partition coefficient (Wildman–Crippen LogP) is 2.69. The molecule has 0 spiro atoms. The lowest BCUT2D eigenvalue weighted by Gasteiger charge is -2.31. The summed E-state index contributed by atoms with van der Waals surface area (Å²) >= 11 is 0. The molecule has 1 amide bonds. The fourth-order valence-corrected chi connectivity index (χ4v) is 4.01. The van der Waals surface area contributed by atoms with E-state index in [-0.39, 0.29) is 36.0 Å². The maximum Gasteiger partial charge on any atom is 0.421 e. The van der Waals surface area contributed by atoms with Gasteiger partial charge in [0, 0.05) is 50.6 Å². The quantitative estimate of drug-likeness (QED) is 0.504. The van der Waals surface area contributed by atoms with Gasteiger partial charge in [-0.2, -0.15) is 18.2 Å². The Morgan fingerprint density at radius 2 is 1.91 bits per heavy atom. The summed E-state index contributed by atoms with van der Waals surface area (Å²) in [5, 5.41) is 5.68. The Balaban J connectivity index is 1.78. The van der Waals surface area contributed by atoms with E-state index in [1.807, 2.05) is 0 Å². The first kappa shape index (κ1) is 25.5. The molecule has 34 heavy (non-hydrogen) atoms. The maximum atomic E-state index is 13.5. The molecule has 0 bridgehead atoms. The molecule has 0 saturated carbocycles. The number of likely N-dealkylation sites (tertiary alicyclic amines) is 1. The van der Waals surface area contributed by atoms with Crippen LogP contribution in [0.2, 0.25) is 0 Å². The van der Waals surface area contributed by atoms with Crippen molar-refractivity contribution in [3.05, 3.63) is 35.7 Å². The molecule has 0 aliphatic carbocycles. The van der Waals surface area contributed by atoms with E-state index in [1.54, 1.807) is 17.0 Å². The Morgan fingerprint density at radius 3 is 2.53 bits per heavy atom. The lowest BCUT2D eigenvalue weighted by atomic mass is 10.1.